The van der Waals surface area contributed by atoms with Gasteiger partial charge in [-0.1, -0.05) is 0 Å². The Morgan fingerprint density at radius 1 is 1.29 bits per heavy atom. The van der Waals surface area contributed by atoms with Crippen LogP contribution in [0.1, 0.15) is 12.0 Å². The van der Waals surface area contributed by atoms with E-state index in [-0.39, 0.29) is 30.0 Å². The van der Waals surface area contributed by atoms with Crippen LogP contribution in [0.3, 0.4) is 0 Å². The Morgan fingerprint density at radius 3 is 2.46 bits per heavy atom. The number of aryl methyl sites for hydroxylation is 1. The number of rotatable bonds is 6. The fraction of sp³-hybridized carbons (Fsp3) is 0.562. The van der Waals surface area contributed by atoms with Gasteiger partial charge >= 0.3 is 0 Å². The number of nitrogens with zero attached hydrogens (tertiary/aromatic N) is 1. The maximum atomic E-state index is 12.3. The molecule has 0 saturated carbocycles. The lowest BCUT2D eigenvalue weighted by atomic mass is 10.1. The lowest BCUT2D eigenvalue weighted by Crippen LogP contribution is -2.38. The number of amides is 1. The fourth-order valence-corrected chi connectivity index (χ4v) is 4.59. The molecule has 0 bridgehead atoms. The molecular weight excluding hydrogens is 332 g/mol. The van der Waals surface area contributed by atoms with Gasteiger partial charge in [0.2, 0.25) is 5.91 Å². The monoisotopic (exact) mass is 356 g/mol. The van der Waals surface area contributed by atoms with Crippen LogP contribution in [0.25, 0.3) is 0 Å². The molecule has 2 rings (SSSR count). The molecule has 1 heterocycles. The minimum Gasteiger partial charge on any atom is -0.493 e. The van der Waals surface area contributed by atoms with Gasteiger partial charge in [-0.15, -0.1) is 0 Å². The van der Waals surface area contributed by atoms with Gasteiger partial charge in [0.1, 0.15) is 0 Å². The smallest absolute Gasteiger partial charge is 0.238 e. The first-order valence-electron chi connectivity index (χ1n) is 7.69. The van der Waals surface area contributed by atoms with Crippen molar-refractivity contribution in [2.75, 3.05) is 44.6 Å². The molecule has 0 unspecified atom stereocenters. The molecule has 24 heavy (non-hydrogen) atoms. The van der Waals surface area contributed by atoms with Gasteiger partial charge in [-0.05, 0) is 32.0 Å². The highest BCUT2D eigenvalue weighted by molar-refractivity contribution is 7.91. The van der Waals surface area contributed by atoms with Gasteiger partial charge in [-0.2, -0.15) is 0 Å². The van der Waals surface area contributed by atoms with Gasteiger partial charge in [0.05, 0.1) is 32.3 Å². The van der Waals surface area contributed by atoms with Crippen LogP contribution >= 0.6 is 0 Å². The maximum Gasteiger partial charge on any atom is 0.238 e. The summed E-state index contributed by atoms with van der Waals surface area (Å²) >= 11 is 0. The van der Waals surface area contributed by atoms with Crippen molar-refractivity contribution in [1.29, 1.82) is 0 Å². The van der Waals surface area contributed by atoms with E-state index in [1.165, 1.54) is 7.11 Å². The molecule has 1 N–H and O–H groups in total. The third-order valence-electron chi connectivity index (χ3n) is 4.23. The van der Waals surface area contributed by atoms with Gasteiger partial charge in [0.25, 0.3) is 0 Å². The molecule has 1 aromatic rings. The summed E-state index contributed by atoms with van der Waals surface area (Å²) in [4.78, 5) is 14.1. The van der Waals surface area contributed by atoms with Crippen molar-refractivity contribution in [2.24, 2.45) is 0 Å². The lowest BCUT2D eigenvalue weighted by Gasteiger charge is -2.22. The predicted molar refractivity (Wildman–Crippen MR) is 92.6 cm³/mol. The molecule has 1 aliphatic heterocycles. The largest absolute Gasteiger partial charge is 0.493 e. The third kappa shape index (κ3) is 4.39. The zero-order valence-corrected chi connectivity index (χ0v) is 15.3. The molecule has 0 spiro atoms. The van der Waals surface area contributed by atoms with Crippen LogP contribution in [0.5, 0.6) is 11.5 Å². The van der Waals surface area contributed by atoms with E-state index in [0.29, 0.717) is 23.6 Å². The number of carbonyl (C=O) groups excluding carboxylic acids is 1. The van der Waals surface area contributed by atoms with Crippen LogP contribution in [0.4, 0.5) is 5.69 Å². The van der Waals surface area contributed by atoms with Crippen LogP contribution in [0.15, 0.2) is 12.1 Å². The number of sulfone groups is 1. The number of hydrogen-bond acceptors (Lipinski definition) is 6. The summed E-state index contributed by atoms with van der Waals surface area (Å²) in [6, 6.07) is 3.40. The van der Waals surface area contributed by atoms with Crippen LogP contribution in [0.2, 0.25) is 0 Å². The number of anilines is 1. The SMILES string of the molecule is COc1cc(C)c(NC(=O)CN(C)[C@H]2CCS(=O)(=O)C2)cc1OC. The van der Waals surface area contributed by atoms with E-state index in [9.17, 15) is 13.2 Å². The molecule has 0 radical (unpaired) electrons. The number of carbonyl (C=O) groups is 1. The Morgan fingerprint density at radius 2 is 1.92 bits per heavy atom. The van der Waals surface area contributed by atoms with E-state index in [0.717, 1.165) is 5.56 Å². The second kappa shape index (κ2) is 7.40. The van der Waals surface area contributed by atoms with Gasteiger partial charge < -0.3 is 14.8 Å². The Kier molecular flexibility index (Phi) is 5.71. The molecule has 1 saturated heterocycles. The minimum atomic E-state index is -2.96. The Labute approximate surface area is 142 Å². The number of benzene rings is 1. The van der Waals surface area contributed by atoms with E-state index in [2.05, 4.69) is 5.32 Å². The number of nitrogens with one attached hydrogen (secondary N) is 1. The summed E-state index contributed by atoms with van der Waals surface area (Å²) in [5.41, 5.74) is 1.50. The van der Waals surface area contributed by atoms with E-state index in [1.54, 1.807) is 31.2 Å². The Balaban J connectivity index is 2.02. The van der Waals surface area contributed by atoms with Crippen molar-refractivity contribution in [1.82, 2.24) is 4.90 Å². The summed E-state index contributed by atoms with van der Waals surface area (Å²) in [6.07, 6.45) is 0.571. The Bertz CT molecular complexity index is 717. The Hall–Kier alpha value is -1.80. The van der Waals surface area contributed by atoms with E-state index in [4.69, 9.17) is 9.47 Å². The van der Waals surface area contributed by atoms with Crippen molar-refractivity contribution in [3.63, 3.8) is 0 Å². The highest BCUT2D eigenvalue weighted by atomic mass is 32.2. The van der Waals surface area contributed by atoms with Gasteiger partial charge in [-0.3, -0.25) is 9.69 Å². The van der Waals surface area contributed by atoms with Crippen molar-refractivity contribution in [3.8, 4) is 11.5 Å². The topological polar surface area (TPSA) is 84.9 Å². The second-order valence-electron chi connectivity index (χ2n) is 6.04. The first-order chi connectivity index (χ1) is 11.3. The molecule has 7 nitrogen and oxygen atoms in total. The van der Waals surface area contributed by atoms with E-state index in [1.807, 2.05) is 6.92 Å². The molecule has 0 aliphatic carbocycles. The third-order valence-corrected chi connectivity index (χ3v) is 5.98. The minimum absolute atomic E-state index is 0.104. The second-order valence-corrected chi connectivity index (χ2v) is 8.27. The van der Waals surface area contributed by atoms with Crippen LogP contribution in [-0.4, -0.2) is 64.6 Å². The molecule has 1 fully saturated rings. The van der Waals surface area contributed by atoms with Crippen LogP contribution < -0.4 is 14.8 Å². The number of hydrogen-bond donors (Lipinski definition) is 1. The average Bonchev–Trinajstić information content (AvgIpc) is 2.89. The molecule has 8 heteroatoms. The first-order valence-corrected chi connectivity index (χ1v) is 9.51. The van der Waals surface area contributed by atoms with Crippen molar-refractivity contribution in [2.45, 2.75) is 19.4 Å². The van der Waals surface area contributed by atoms with Gasteiger partial charge in [0, 0.05) is 17.8 Å². The van der Waals surface area contributed by atoms with E-state index >= 15 is 0 Å². The molecule has 1 aromatic carbocycles. The molecule has 1 atom stereocenters. The molecule has 0 aromatic heterocycles. The van der Waals surface area contributed by atoms with Crippen molar-refractivity contribution >= 4 is 21.4 Å². The summed E-state index contributed by atoms with van der Waals surface area (Å²) in [5, 5.41) is 2.85. The standard InChI is InChI=1S/C16H24N2O5S/c1-11-7-14(22-3)15(23-4)8-13(11)17-16(19)9-18(2)12-5-6-24(20,21)10-12/h7-8,12H,5-6,9-10H2,1-4H3,(H,17,19)/t12-/m0/s1. The summed E-state index contributed by atoms with van der Waals surface area (Å²) in [5.74, 6) is 1.25. The van der Waals surface area contributed by atoms with Gasteiger partial charge in [0.15, 0.2) is 21.3 Å². The summed E-state index contributed by atoms with van der Waals surface area (Å²) in [6.45, 7) is 2.00. The quantitative estimate of drug-likeness (QED) is 0.821. The summed E-state index contributed by atoms with van der Waals surface area (Å²) < 4.78 is 33.6. The van der Waals surface area contributed by atoms with E-state index < -0.39 is 9.84 Å². The van der Waals surface area contributed by atoms with Gasteiger partial charge in [-0.25, -0.2) is 8.42 Å². The highest BCUT2D eigenvalue weighted by Crippen LogP contribution is 2.32. The fourth-order valence-electron chi connectivity index (χ4n) is 2.78. The number of methoxy groups -OCH3 is 2. The zero-order valence-electron chi connectivity index (χ0n) is 14.5. The zero-order chi connectivity index (χ0) is 17.9. The average molecular weight is 356 g/mol. The number of likely N-dealkylation sites (N-methyl/N-ethyl adjacent to an activating group) is 1. The lowest BCUT2D eigenvalue weighted by molar-refractivity contribution is -0.117. The van der Waals surface area contributed by atoms with Crippen LogP contribution in [0, 0.1) is 6.92 Å². The maximum absolute atomic E-state index is 12.3. The predicted octanol–water partition coefficient (Wildman–Crippen LogP) is 1.07. The van der Waals surface area contributed by atoms with Crippen LogP contribution in [-0.2, 0) is 14.6 Å². The molecule has 1 amide bonds. The molecule has 1 aliphatic rings. The first kappa shape index (κ1) is 18.5. The highest BCUT2D eigenvalue weighted by Gasteiger charge is 2.31. The molecular formula is C16H24N2O5S. The van der Waals surface area contributed by atoms with Crippen molar-refractivity contribution in [3.05, 3.63) is 17.7 Å². The molecule has 134 valence electrons. The normalized spacial score (nSPS) is 19.3. The number of ether oxygens (including phenoxy) is 2. The van der Waals surface area contributed by atoms with Crippen molar-refractivity contribution < 1.29 is 22.7 Å². The summed E-state index contributed by atoms with van der Waals surface area (Å²) in [7, 11) is 1.90.